The minimum atomic E-state index is -0.431. The van der Waals surface area contributed by atoms with Crippen LogP contribution in [0, 0.1) is 20.8 Å². The van der Waals surface area contributed by atoms with E-state index < -0.39 is 5.91 Å². The molecule has 6 nitrogen and oxygen atoms in total. The Morgan fingerprint density at radius 1 is 1.00 bits per heavy atom. The van der Waals surface area contributed by atoms with Crippen molar-refractivity contribution in [3.63, 3.8) is 0 Å². The molecular weight excluding hydrogens is 404 g/mol. The molecule has 0 bridgehead atoms. The average molecular weight is 433 g/mol. The number of amides is 2. The number of carbonyl (C=O) groups excluding carboxylic acids is 2. The van der Waals surface area contributed by atoms with Crippen molar-refractivity contribution < 1.29 is 18.7 Å². The first-order chi connectivity index (χ1) is 15.3. The van der Waals surface area contributed by atoms with Crippen molar-refractivity contribution in [2.75, 3.05) is 6.61 Å². The van der Waals surface area contributed by atoms with Gasteiger partial charge in [0.1, 0.15) is 23.8 Å². The lowest BCUT2D eigenvalue weighted by atomic mass is 10.1. The van der Waals surface area contributed by atoms with E-state index in [4.69, 9.17) is 9.15 Å². The van der Waals surface area contributed by atoms with Crippen LogP contribution in [0.3, 0.4) is 0 Å². The molecule has 1 heterocycles. The van der Waals surface area contributed by atoms with Gasteiger partial charge in [-0.15, -0.1) is 0 Å². The van der Waals surface area contributed by atoms with Crippen molar-refractivity contribution in [3.8, 4) is 5.75 Å². The molecule has 0 spiro atoms. The Morgan fingerprint density at radius 2 is 1.78 bits per heavy atom. The quantitative estimate of drug-likeness (QED) is 0.512. The summed E-state index contributed by atoms with van der Waals surface area (Å²) in [6.07, 6.45) is 3.01. The van der Waals surface area contributed by atoms with Gasteiger partial charge in [0.2, 0.25) is 0 Å². The van der Waals surface area contributed by atoms with E-state index >= 15 is 0 Å². The van der Waals surface area contributed by atoms with Gasteiger partial charge in [-0.2, -0.15) is 0 Å². The lowest BCUT2D eigenvalue weighted by Crippen LogP contribution is -2.41. The molecule has 1 aromatic heterocycles. The minimum absolute atomic E-state index is 0.0891. The van der Waals surface area contributed by atoms with E-state index in [0.29, 0.717) is 11.3 Å². The van der Waals surface area contributed by atoms with Gasteiger partial charge >= 0.3 is 0 Å². The monoisotopic (exact) mass is 432 g/mol. The standard InChI is InChI=1S/C26H28N2O4/c1-17-11-12-22(14-19(17)3)32-16-20(4)27-26(30)24(15-21-9-7-13-31-21)28-25(29)23-10-6-5-8-18(23)2/h5-15,20H,16H2,1-4H3,(H,27,30)(H,28,29)/b24-15-/t20-/m0/s1. The van der Waals surface area contributed by atoms with Crippen LogP contribution < -0.4 is 15.4 Å². The van der Waals surface area contributed by atoms with Gasteiger partial charge in [-0.1, -0.05) is 24.3 Å². The lowest BCUT2D eigenvalue weighted by Gasteiger charge is -2.17. The molecule has 2 N–H and O–H groups in total. The van der Waals surface area contributed by atoms with Crippen LogP contribution in [0.2, 0.25) is 0 Å². The van der Waals surface area contributed by atoms with E-state index in [1.165, 1.54) is 17.9 Å². The number of rotatable bonds is 8. The van der Waals surface area contributed by atoms with Crippen molar-refractivity contribution >= 4 is 17.9 Å². The molecule has 2 aromatic carbocycles. The molecule has 0 aliphatic heterocycles. The molecule has 0 fully saturated rings. The maximum absolute atomic E-state index is 13.0. The topological polar surface area (TPSA) is 80.6 Å². The Labute approximate surface area is 188 Å². The van der Waals surface area contributed by atoms with Crippen molar-refractivity contribution in [2.24, 2.45) is 0 Å². The number of benzene rings is 2. The molecule has 166 valence electrons. The summed E-state index contributed by atoms with van der Waals surface area (Å²) in [6, 6.07) is 16.2. The predicted octanol–water partition coefficient (Wildman–Crippen LogP) is 4.56. The predicted molar refractivity (Wildman–Crippen MR) is 124 cm³/mol. The Balaban J connectivity index is 1.68. The first-order valence-corrected chi connectivity index (χ1v) is 10.5. The van der Waals surface area contributed by atoms with Crippen molar-refractivity contribution in [1.29, 1.82) is 0 Å². The van der Waals surface area contributed by atoms with E-state index in [9.17, 15) is 9.59 Å². The minimum Gasteiger partial charge on any atom is -0.491 e. The Bertz CT molecular complexity index is 1120. The number of carbonyl (C=O) groups is 2. The van der Waals surface area contributed by atoms with E-state index in [-0.39, 0.29) is 24.3 Å². The summed E-state index contributed by atoms with van der Waals surface area (Å²) >= 11 is 0. The van der Waals surface area contributed by atoms with Crippen LogP contribution >= 0.6 is 0 Å². The highest BCUT2D eigenvalue weighted by molar-refractivity contribution is 6.05. The molecule has 6 heteroatoms. The van der Waals surface area contributed by atoms with Crippen LogP contribution in [0.15, 0.2) is 71.0 Å². The summed E-state index contributed by atoms with van der Waals surface area (Å²) in [7, 11) is 0. The summed E-state index contributed by atoms with van der Waals surface area (Å²) in [5.74, 6) is 0.405. The smallest absolute Gasteiger partial charge is 0.268 e. The molecule has 3 aromatic rings. The van der Waals surface area contributed by atoms with Gasteiger partial charge < -0.3 is 19.8 Å². The van der Waals surface area contributed by atoms with E-state index in [1.54, 1.807) is 24.3 Å². The van der Waals surface area contributed by atoms with Gasteiger partial charge in [0.05, 0.1) is 12.3 Å². The molecule has 0 aliphatic carbocycles. The van der Waals surface area contributed by atoms with Crippen LogP contribution in [-0.2, 0) is 4.79 Å². The molecule has 0 radical (unpaired) electrons. The molecule has 0 saturated carbocycles. The maximum atomic E-state index is 13.0. The molecule has 2 amide bonds. The highest BCUT2D eigenvalue weighted by Crippen LogP contribution is 2.16. The Hall–Kier alpha value is -3.80. The SMILES string of the molecule is Cc1ccc(OC[C@H](C)NC(=O)/C(=C/c2ccco2)NC(=O)c2ccccc2C)cc1C. The lowest BCUT2D eigenvalue weighted by molar-refractivity contribution is -0.118. The van der Waals surface area contributed by atoms with Crippen LogP contribution in [0.4, 0.5) is 0 Å². The summed E-state index contributed by atoms with van der Waals surface area (Å²) in [4.78, 5) is 25.7. The fourth-order valence-corrected chi connectivity index (χ4v) is 3.06. The summed E-state index contributed by atoms with van der Waals surface area (Å²) < 4.78 is 11.1. The summed E-state index contributed by atoms with van der Waals surface area (Å²) in [5.41, 5.74) is 3.73. The largest absolute Gasteiger partial charge is 0.491 e. The second-order valence-corrected chi connectivity index (χ2v) is 7.77. The number of hydrogen-bond acceptors (Lipinski definition) is 4. The van der Waals surface area contributed by atoms with Crippen LogP contribution in [0.25, 0.3) is 6.08 Å². The summed E-state index contributed by atoms with van der Waals surface area (Å²) in [5, 5.41) is 5.59. The summed E-state index contributed by atoms with van der Waals surface area (Å²) in [6.45, 7) is 8.04. The van der Waals surface area contributed by atoms with Crippen LogP contribution in [0.1, 0.15) is 39.7 Å². The third-order valence-electron chi connectivity index (χ3n) is 5.07. The van der Waals surface area contributed by atoms with E-state index in [1.807, 2.05) is 58.0 Å². The highest BCUT2D eigenvalue weighted by Gasteiger charge is 2.18. The number of ether oxygens (including phenoxy) is 1. The molecule has 0 saturated heterocycles. The normalized spacial score (nSPS) is 12.2. The van der Waals surface area contributed by atoms with E-state index in [0.717, 1.165) is 16.9 Å². The molecular formula is C26H28N2O4. The van der Waals surface area contributed by atoms with Gasteiger partial charge in [0.15, 0.2) is 0 Å². The second-order valence-electron chi connectivity index (χ2n) is 7.77. The highest BCUT2D eigenvalue weighted by atomic mass is 16.5. The molecule has 0 unspecified atom stereocenters. The van der Waals surface area contributed by atoms with E-state index in [2.05, 4.69) is 10.6 Å². The van der Waals surface area contributed by atoms with Gasteiger partial charge in [-0.05, 0) is 74.7 Å². The second kappa shape index (κ2) is 10.5. The molecule has 1 atom stereocenters. The van der Waals surface area contributed by atoms with Gasteiger partial charge in [-0.3, -0.25) is 9.59 Å². The molecule has 3 rings (SSSR count). The van der Waals surface area contributed by atoms with Crippen molar-refractivity contribution in [3.05, 3.63) is 94.6 Å². The Kier molecular flexibility index (Phi) is 7.49. The van der Waals surface area contributed by atoms with Crippen molar-refractivity contribution in [1.82, 2.24) is 10.6 Å². The van der Waals surface area contributed by atoms with Gasteiger partial charge in [0.25, 0.3) is 11.8 Å². The fraction of sp³-hybridized carbons (Fsp3) is 0.231. The third-order valence-corrected chi connectivity index (χ3v) is 5.07. The van der Waals surface area contributed by atoms with Gasteiger partial charge in [-0.25, -0.2) is 0 Å². The number of nitrogens with one attached hydrogen (secondary N) is 2. The maximum Gasteiger partial charge on any atom is 0.268 e. The third kappa shape index (κ3) is 6.11. The molecule has 32 heavy (non-hydrogen) atoms. The first kappa shape index (κ1) is 22.9. The average Bonchev–Trinajstić information content (AvgIpc) is 3.27. The zero-order chi connectivity index (χ0) is 23.1. The number of furan rings is 1. The van der Waals surface area contributed by atoms with Gasteiger partial charge in [0, 0.05) is 11.6 Å². The van der Waals surface area contributed by atoms with Crippen molar-refractivity contribution in [2.45, 2.75) is 33.7 Å². The molecule has 0 aliphatic rings. The van der Waals surface area contributed by atoms with Crippen LogP contribution in [0.5, 0.6) is 5.75 Å². The number of hydrogen-bond donors (Lipinski definition) is 2. The number of aryl methyl sites for hydroxylation is 3. The fourth-order valence-electron chi connectivity index (χ4n) is 3.06. The zero-order valence-corrected chi connectivity index (χ0v) is 18.8. The zero-order valence-electron chi connectivity index (χ0n) is 18.8. The Morgan fingerprint density at radius 3 is 2.47 bits per heavy atom. The van der Waals surface area contributed by atoms with Crippen LogP contribution in [-0.4, -0.2) is 24.5 Å². The first-order valence-electron chi connectivity index (χ1n) is 10.5.